The molecule has 2 amide bonds. The molecule has 0 aromatic heterocycles. The lowest BCUT2D eigenvalue weighted by atomic mass is 9.87. The van der Waals surface area contributed by atoms with E-state index in [9.17, 15) is 14.4 Å². The van der Waals surface area contributed by atoms with Gasteiger partial charge >= 0.3 is 5.97 Å². The van der Waals surface area contributed by atoms with Crippen molar-refractivity contribution in [2.75, 3.05) is 0 Å². The predicted molar refractivity (Wildman–Crippen MR) is 114 cm³/mol. The fraction of sp³-hybridized carbons (Fsp3) is 0.292. The quantitative estimate of drug-likeness (QED) is 0.570. The summed E-state index contributed by atoms with van der Waals surface area (Å²) in [6, 6.07) is 17.0. The zero-order valence-electron chi connectivity index (χ0n) is 17.2. The fourth-order valence-corrected chi connectivity index (χ4v) is 3.52. The van der Waals surface area contributed by atoms with Crippen molar-refractivity contribution >= 4 is 23.9 Å². The minimum Gasteiger partial charge on any atom is -0.448 e. The maximum Gasteiger partial charge on any atom is 0.355 e. The molecule has 0 aliphatic heterocycles. The van der Waals surface area contributed by atoms with E-state index in [1.165, 1.54) is 25.5 Å². The Bertz CT molecular complexity index is 953. The second-order valence-electron chi connectivity index (χ2n) is 7.35. The van der Waals surface area contributed by atoms with E-state index in [1.807, 2.05) is 36.4 Å². The Labute approximate surface area is 176 Å². The monoisotopic (exact) mass is 406 g/mol. The van der Waals surface area contributed by atoms with Crippen LogP contribution >= 0.6 is 0 Å². The number of amides is 2. The molecule has 0 saturated carbocycles. The molecule has 0 spiro atoms. The Morgan fingerprint density at radius 2 is 1.77 bits per heavy atom. The molecule has 1 aliphatic carbocycles. The molecule has 6 nitrogen and oxygen atoms in total. The summed E-state index contributed by atoms with van der Waals surface area (Å²) in [7, 11) is 0. The molecule has 3 rings (SSSR count). The Morgan fingerprint density at radius 3 is 2.50 bits per heavy atom. The van der Waals surface area contributed by atoms with Crippen LogP contribution in [-0.4, -0.2) is 23.9 Å². The summed E-state index contributed by atoms with van der Waals surface area (Å²) in [5.74, 6) is -1.53. The van der Waals surface area contributed by atoms with E-state index in [0.29, 0.717) is 0 Å². The Morgan fingerprint density at radius 1 is 1.07 bits per heavy atom. The SMILES string of the molecule is CC(=O)N/C(=C\c1ccccc1)C(=O)O[C@H](C)C(=O)N[C@H]1CCCc2ccccc21. The molecule has 2 aromatic rings. The van der Waals surface area contributed by atoms with Gasteiger partial charge in [0.15, 0.2) is 6.10 Å². The van der Waals surface area contributed by atoms with Crippen molar-refractivity contribution in [3.8, 4) is 0 Å². The normalized spacial score (nSPS) is 16.7. The molecule has 2 atom stereocenters. The number of hydrogen-bond donors (Lipinski definition) is 2. The summed E-state index contributed by atoms with van der Waals surface area (Å²) in [5.41, 5.74) is 3.06. The highest BCUT2D eigenvalue weighted by Gasteiger charge is 2.26. The molecule has 0 heterocycles. The molecule has 2 N–H and O–H groups in total. The molecule has 0 radical (unpaired) electrons. The molecular formula is C24H26N2O4. The van der Waals surface area contributed by atoms with Crippen molar-refractivity contribution in [3.05, 3.63) is 77.0 Å². The Kier molecular flexibility index (Phi) is 7.01. The van der Waals surface area contributed by atoms with Crippen LogP contribution < -0.4 is 10.6 Å². The van der Waals surface area contributed by atoms with Crippen LogP contribution in [0.15, 0.2) is 60.3 Å². The van der Waals surface area contributed by atoms with E-state index in [2.05, 4.69) is 16.7 Å². The minimum atomic E-state index is -1.00. The van der Waals surface area contributed by atoms with Gasteiger partial charge in [0.05, 0.1) is 6.04 Å². The Hall–Kier alpha value is -3.41. The molecule has 1 aliphatic rings. The van der Waals surface area contributed by atoms with E-state index in [4.69, 9.17) is 4.74 Å². The van der Waals surface area contributed by atoms with Crippen LogP contribution in [0.25, 0.3) is 6.08 Å². The van der Waals surface area contributed by atoms with Crippen LogP contribution in [-0.2, 0) is 25.5 Å². The topological polar surface area (TPSA) is 84.5 Å². The third-order valence-electron chi connectivity index (χ3n) is 4.98. The highest BCUT2D eigenvalue weighted by atomic mass is 16.5. The highest BCUT2D eigenvalue weighted by molar-refractivity contribution is 5.98. The molecule has 0 saturated heterocycles. The zero-order valence-corrected chi connectivity index (χ0v) is 17.2. The van der Waals surface area contributed by atoms with Crippen LogP contribution in [0.2, 0.25) is 0 Å². The summed E-state index contributed by atoms with van der Waals surface area (Å²) in [6.45, 7) is 2.83. The van der Waals surface area contributed by atoms with E-state index < -0.39 is 18.0 Å². The molecular weight excluding hydrogens is 380 g/mol. The first-order valence-electron chi connectivity index (χ1n) is 10.1. The second kappa shape index (κ2) is 9.87. The van der Waals surface area contributed by atoms with Crippen LogP contribution in [0, 0.1) is 0 Å². The molecule has 2 aromatic carbocycles. The van der Waals surface area contributed by atoms with Gasteiger partial charge < -0.3 is 15.4 Å². The van der Waals surface area contributed by atoms with Crippen LogP contribution in [0.3, 0.4) is 0 Å². The van der Waals surface area contributed by atoms with Gasteiger partial charge in [-0.25, -0.2) is 4.79 Å². The standard InChI is InChI=1S/C24H26N2O4/c1-16(23(28)26-21-14-8-12-19-11-6-7-13-20(19)21)30-24(29)22(25-17(2)27)15-18-9-4-3-5-10-18/h3-7,9-11,13,15-16,21H,8,12,14H2,1-2H3,(H,25,27)(H,26,28)/b22-15-/t16-,21+/m1/s1. The van der Waals surface area contributed by atoms with Gasteiger partial charge in [0.25, 0.3) is 5.91 Å². The first-order valence-corrected chi connectivity index (χ1v) is 10.1. The van der Waals surface area contributed by atoms with Crippen molar-refractivity contribution in [1.82, 2.24) is 10.6 Å². The van der Waals surface area contributed by atoms with Gasteiger partial charge in [-0.15, -0.1) is 0 Å². The third-order valence-corrected chi connectivity index (χ3v) is 4.98. The van der Waals surface area contributed by atoms with E-state index in [-0.39, 0.29) is 17.6 Å². The van der Waals surface area contributed by atoms with Crippen LogP contribution in [0.1, 0.15) is 49.4 Å². The number of esters is 1. The number of rotatable bonds is 6. The average Bonchev–Trinajstić information content (AvgIpc) is 2.74. The van der Waals surface area contributed by atoms with Crippen LogP contribution in [0.4, 0.5) is 0 Å². The summed E-state index contributed by atoms with van der Waals surface area (Å²) < 4.78 is 5.34. The summed E-state index contributed by atoms with van der Waals surface area (Å²) in [6.07, 6.45) is 3.35. The number of fused-ring (bicyclic) bond motifs is 1. The number of nitrogens with one attached hydrogen (secondary N) is 2. The van der Waals surface area contributed by atoms with Gasteiger partial charge in [0.1, 0.15) is 5.70 Å². The number of ether oxygens (including phenoxy) is 1. The molecule has 0 unspecified atom stereocenters. The van der Waals surface area contributed by atoms with E-state index in [0.717, 1.165) is 30.4 Å². The van der Waals surface area contributed by atoms with Gasteiger partial charge in [0.2, 0.25) is 5.91 Å². The average molecular weight is 406 g/mol. The number of hydrogen-bond acceptors (Lipinski definition) is 4. The van der Waals surface area contributed by atoms with Gasteiger partial charge in [0, 0.05) is 6.92 Å². The maximum absolute atomic E-state index is 12.7. The number of carbonyl (C=O) groups is 3. The highest BCUT2D eigenvalue weighted by Crippen LogP contribution is 2.29. The van der Waals surface area contributed by atoms with Gasteiger partial charge in [-0.05, 0) is 49.0 Å². The van der Waals surface area contributed by atoms with Gasteiger partial charge in [-0.3, -0.25) is 9.59 Å². The van der Waals surface area contributed by atoms with Crippen molar-refractivity contribution in [2.24, 2.45) is 0 Å². The van der Waals surface area contributed by atoms with Crippen molar-refractivity contribution in [2.45, 2.75) is 45.3 Å². The predicted octanol–water partition coefficient (Wildman–Crippen LogP) is 3.29. The van der Waals surface area contributed by atoms with Gasteiger partial charge in [-0.1, -0.05) is 54.6 Å². The first kappa shape index (κ1) is 21.3. The lowest BCUT2D eigenvalue weighted by molar-refractivity contribution is -0.152. The fourth-order valence-electron chi connectivity index (χ4n) is 3.52. The smallest absolute Gasteiger partial charge is 0.355 e. The number of benzene rings is 2. The minimum absolute atomic E-state index is 0.0173. The largest absolute Gasteiger partial charge is 0.448 e. The lowest BCUT2D eigenvalue weighted by Crippen LogP contribution is -2.40. The van der Waals surface area contributed by atoms with Gasteiger partial charge in [-0.2, -0.15) is 0 Å². The maximum atomic E-state index is 12.7. The van der Waals surface area contributed by atoms with Crippen LogP contribution in [0.5, 0.6) is 0 Å². The molecule has 30 heavy (non-hydrogen) atoms. The summed E-state index contributed by atoms with van der Waals surface area (Å²) in [5, 5.41) is 5.47. The zero-order chi connectivity index (χ0) is 21.5. The Balaban J connectivity index is 1.67. The molecule has 156 valence electrons. The molecule has 6 heteroatoms. The van der Waals surface area contributed by atoms with E-state index in [1.54, 1.807) is 12.1 Å². The van der Waals surface area contributed by atoms with E-state index >= 15 is 0 Å². The lowest BCUT2D eigenvalue weighted by Gasteiger charge is -2.27. The number of carbonyl (C=O) groups excluding carboxylic acids is 3. The third kappa shape index (κ3) is 5.56. The number of aryl methyl sites for hydroxylation is 1. The molecule has 0 bridgehead atoms. The van der Waals surface area contributed by atoms with Crippen molar-refractivity contribution in [1.29, 1.82) is 0 Å². The molecule has 0 fully saturated rings. The second-order valence-corrected chi connectivity index (χ2v) is 7.35. The van der Waals surface area contributed by atoms with Crippen molar-refractivity contribution < 1.29 is 19.1 Å². The summed E-state index contributed by atoms with van der Waals surface area (Å²) in [4.78, 5) is 36.8. The first-order chi connectivity index (χ1) is 14.4. The van der Waals surface area contributed by atoms with Crippen molar-refractivity contribution in [3.63, 3.8) is 0 Å². The summed E-state index contributed by atoms with van der Waals surface area (Å²) >= 11 is 0.